The van der Waals surface area contributed by atoms with Gasteiger partial charge in [-0.05, 0) is 104 Å². The van der Waals surface area contributed by atoms with E-state index >= 15 is 4.79 Å². The molecule has 2 bridgehead atoms. The number of nitrogens with zero attached hydrogens (tertiary/aromatic N) is 4. The van der Waals surface area contributed by atoms with Gasteiger partial charge in [-0.3, -0.25) is 9.69 Å². The summed E-state index contributed by atoms with van der Waals surface area (Å²) in [5, 5.41) is 12.4. The molecule has 1 aromatic heterocycles. The van der Waals surface area contributed by atoms with Crippen LogP contribution in [0.2, 0.25) is 0 Å². The van der Waals surface area contributed by atoms with E-state index in [9.17, 15) is 13.5 Å². The highest BCUT2D eigenvalue weighted by Crippen LogP contribution is 2.67. The van der Waals surface area contributed by atoms with Crippen molar-refractivity contribution in [2.45, 2.75) is 113 Å². The second-order valence-electron chi connectivity index (χ2n) is 17.3. The van der Waals surface area contributed by atoms with Crippen molar-refractivity contribution in [1.82, 2.24) is 23.4 Å². The van der Waals surface area contributed by atoms with E-state index in [2.05, 4.69) is 74.7 Å². The first-order valence-electron chi connectivity index (χ1n) is 20.3. The first kappa shape index (κ1) is 36.9. The van der Waals surface area contributed by atoms with Crippen molar-refractivity contribution < 1.29 is 23.1 Å². The van der Waals surface area contributed by atoms with E-state index in [1.165, 1.54) is 55.7 Å². The highest BCUT2D eigenvalue weighted by Gasteiger charge is 2.65. The predicted octanol–water partition coefficient (Wildman–Crippen LogP) is 6.89. The van der Waals surface area contributed by atoms with E-state index in [-0.39, 0.29) is 23.9 Å². The molecule has 10 nitrogen and oxygen atoms in total. The molecular formula is C44H55N5O5S. The summed E-state index contributed by atoms with van der Waals surface area (Å²) in [6, 6.07) is 23.8. The summed E-state index contributed by atoms with van der Waals surface area (Å²) in [6.07, 6.45) is 9.24. The van der Waals surface area contributed by atoms with Gasteiger partial charge in [-0.15, -0.1) is 0 Å². The molecule has 1 amide bonds. The van der Waals surface area contributed by atoms with Gasteiger partial charge in [-0.2, -0.15) is 17.4 Å². The molecule has 2 saturated heterocycles. The summed E-state index contributed by atoms with van der Waals surface area (Å²) in [7, 11) is 2.94. The highest BCUT2D eigenvalue weighted by atomic mass is 32.2. The molecule has 4 heterocycles. The number of aliphatic hydroxyl groups is 1. The summed E-state index contributed by atoms with van der Waals surface area (Å²) >= 11 is 0. The summed E-state index contributed by atoms with van der Waals surface area (Å²) in [5.74, 6) is 1.52. The number of hydrogen-bond acceptors (Lipinski definition) is 6. The minimum atomic E-state index is -3.88. The van der Waals surface area contributed by atoms with Gasteiger partial charge in [-0.25, -0.2) is 0 Å². The van der Waals surface area contributed by atoms with Crippen LogP contribution in [0.4, 0.5) is 0 Å². The fraction of sp³-hybridized carbons (Fsp3) is 0.523. The lowest BCUT2D eigenvalue weighted by atomic mass is 9.81. The van der Waals surface area contributed by atoms with Crippen molar-refractivity contribution in [2.24, 2.45) is 5.41 Å². The van der Waals surface area contributed by atoms with Crippen molar-refractivity contribution in [3.8, 4) is 17.0 Å². The van der Waals surface area contributed by atoms with Crippen LogP contribution in [0.5, 0.6) is 5.75 Å². The number of amides is 1. The fourth-order valence-corrected chi connectivity index (χ4v) is 11.5. The van der Waals surface area contributed by atoms with Crippen molar-refractivity contribution in [2.75, 3.05) is 28.3 Å². The van der Waals surface area contributed by atoms with Crippen LogP contribution in [-0.4, -0.2) is 84.5 Å². The number of nitrogens with one attached hydrogen (secondary N) is 1. The average molecular weight is 766 g/mol. The van der Waals surface area contributed by atoms with Gasteiger partial charge in [0.1, 0.15) is 12.0 Å². The lowest BCUT2D eigenvalue weighted by molar-refractivity contribution is -0.143. The van der Waals surface area contributed by atoms with Gasteiger partial charge >= 0.3 is 0 Å². The Hall–Kier alpha value is -3.74. The predicted molar refractivity (Wildman–Crippen MR) is 215 cm³/mol. The molecule has 2 aliphatic carbocycles. The monoisotopic (exact) mass is 765 g/mol. The Morgan fingerprint density at radius 1 is 0.964 bits per heavy atom. The molecule has 11 heteroatoms. The molecule has 292 valence electrons. The molecule has 0 radical (unpaired) electrons. The van der Waals surface area contributed by atoms with Crippen LogP contribution in [0.1, 0.15) is 105 Å². The van der Waals surface area contributed by atoms with Crippen LogP contribution in [0, 0.1) is 5.41 Å². The quantitative estimate of drug-likeness (QED) is 0.170. The second kappa shape index (κ2) is 14.0. The third kappa shape index (κ3) is 6.30. The molecule has 5 unspecified atom stereocenters. The zero-order valence-corrected chi connectivity index (χ0v) is 33.4. The number of aromatic nitrogens is 1. The first-order valence-corrected chi connectivity index (χ1v) is 21.7. The summed E-state index contributed by atoms with van der Waals surface area (Å²) in [6.45, 7) is 1.45. The van der Waals surface area contributed by atoms with Crippen LogP contribution in [0.3, 0.4) is 0 Å². The van der Waals surface area contributed by atoms with Crippen molar-refractivity contribution in [3.63, 3.8) is 0 Å². The van der Waals surface area contributed by atoms with Gasteiger partial charge in [0.05, 0.1) is 18.2 Å². The lowest BCUT2D eigenvalue weighted by Gasteiger charge is -2.44. The summed E-state index contributed by atoms with van der Waals surface area (Å²) < 4.78 is 37.2. The Bertz CT molecular complexity index is 2200. The number of hydrogen-bond donors (Lipinski definition) is 2. The summed E-state index contributed by atoms with van der Waals surface area (Å²) in [5.41, 5.74) is 6.97. The Labute approximate surface area is 325 Å². The smallest absolute Gasteiger partial charge is 0.281 e. The number of carbonyl (C=O) groups is 1. The number of fused-ring (bicyclic) bond motifs is 9. The average Bonchev–Trinajstić information content (AvgIpc) is 3.78. The van der Waals surface area contributed by atoms with E-state index in [1.807, 2.05) is 18.2 Å². The van der Waals surface area contributed by atoms with E-state index < -0.39 is 21.9 Å². The molecule has 55 heavy (non-hydrogen) atoms. The van der Waals surface area contributed by atoms with Crippen molar-refractivity contribution in [3.05, 3.63) is 89.0 Å². The molecule has 5 aliphatic rings. The van der Waals surface area contributed by atoms with Gasteiger partial charge in [0.2, 0.25) is 5.91 Å². The minimum absolute atomic E-state index is 0.0674. The molecule has 4 aromatic rings. The maximum Gasteiger partial charge on any atom is 0.281 e. The largest absolute Gasteiger partial charge is 0.497 e. The maximum atomic E-state index is 15.5. The van der Waals surface area contributed by atoms with Gasteiger partial charge in [-0.1, -0.05) is 61.7 Å². The second-order valence-corrected chi connectivity index (χ2v) is 19.2. The zero-order valence-electron chi connectivity index (χ0n) is 32.6. The Balaban J connectivity index is 1.12. The Morgan fingerprint density at radius 3 is 2.38 bits per heavy atom. The van der Waals surface area contributed by atoms with E-state index in [0.717, 1.165) is 78.0 Å². The van der Waals surface area contributed by atoms with Gasteiger partial charge in [0.15, 0.2) is 0 Å². The number of aliphatic hydroxyl groups excluding tert-OH is 1. The number of ether oxygens (including phenoxy) is 1. The number of carbonyl (C=O) groups excluding carboxylic acids is 1. The van der Waals surface area contributed by atoms with Crippen LogP contribution in [-0.2, 0) is 28.1 Å². The lowest BCUT2D eigenvalue weighted by Crippen LogP contribution is -2.54. The van der Waals surface area contributed by atoms with Crippen LogP contribution >= 0.6 is 0 Å². The standard InChI is InChI=1S/C44H55N5O5S/c1-46(2)55(52,53)45-42(50)30-15-19-36-39(21-30)48-27-44(43(51)49-31-16-17-32(49)23-33(22-31)47(3)26-28-11-7-5-8-12-28)25-38(44)37-24-34(54-4)18-20-35(37)41(48)40(36)29-13-9-6-10-14-29/h5,7-8,11-12,15,18-21,24,29,31-33,38,42,45,50H,6,9-10,13-14,16-17,22-23,25-27H2,1-4H3. The molecule has 5 atom stereocenters. The molecule has 3 aromatic carbocycles. The van der Waals surface area contributed by atoms with Crippen LogP contribution in [0.15, 0.2) is 66.7 Å². The fourth-order valence-electron chi connectivity index (χ4n) is 10.9. The van der Waals surface area contributed by atoms with Gasteiger partial charge in [0, 0.05) is 67.7 Å². The van der Waals surface area contributed by atoms with Gasteiger partial charge < -0.3 is 19.3 Å². The molecule has 2 saturated carbocycles. The van der Waals surface area contributed by atoms with Crippen molar-refractivity contribution >= 4 is 27.0 Å². The molecule has 0 spiro atoms. The van der Waals surface area contributed by atoms with E-state index in [0.29, 0.717) is 24.1 Å². The number of methoxy groups -OCH3 is 1. The molecule has 4 fully saturated rings. The Kier molecular flexibility index (Phi) is 9.40. The Morgan fingerprint density at radius 2 is 1.69 bits per heavy atom. The van der Waals surface area contributed by atoms with Crippen LogP contribution in [0.25, 0.3) is 22.2 Å². The molecule has 2 N–H and O–H groups in total. The van der Waals surface area contributed by atoms with Crippen LogP contribution < -0.4 is 9.46 Å². The number of rotatable bonds is 10. The molecular weight excluding hydrogens is 711 g/mol. The third-order valence-electron chi connectivity index (χ3n) is 13.9. The van der Waals surface area contributed by atoms with Crippen molar-refractivity contribution in [1.29, 1.82) is 0 Å². The minimum Gasteiger partial charge on any atom is -0.497 e. The normalized spacial score (nSPS) is 26.8. The SMILES string of the molecule is COc1ccc2c(c1)C1CC1(C(=O)N1C3CCC1CC(N(C)Cc1ccccc1)C3)Cn1c-2c(C2CCCCC2)c2ccc(C(O)NS(=O)(=O)N(C)C)cc21. The topological polar surface area (TPSA) is 107 Å². The molecule has 3 aliphatic heterocycles. The first-order chi connectivity index (χ1) is 26.5. The maximum absolute atomic E-state index is 15.5. The summed E-state index contributed by atoms with van der Waals surface area (Å²) in [4.78, 5) is 20.3. The molecule has 9 rings (SSSR count). The van der Waals surface area contributed by atoms with Gasteiger partial charge in [0.25, 0.3) is 10.2 Å². The van der Waals surface area contributed by atoms with E-state index in [4.69, 9.17) is 4.74 Å². The number of benzene rings is 3. The zero-order chi connectivity index (χ0) is 38.2. The number of piperidine rings is 1. The third-order valence-corrected chi connectivity index (χ3v) is 15.4. The van der Waals surface area contributed by atoms with E-state index in [1.54, 1.807) is 7.11 Å². The highest BCUT2D eigenvalue weighted by molar-refractivity contribution is 7.87.